The van der Waals surface area contributed by atoms with Gasteiger partial charge in [-0.25, -0.2) is 0 Å². The summed E-state index contributed by atoms with van der Waals surface area (Å²) in [6.07, 6.45) is 1.37. The van der Waals surface area contributed by atoms with Crippen LogP contribution in [0.25, 0.3) is 10.9 Å². The lowest BCUT2D eigenvalue weighted by Gasteiger charge is -2.03. The number of rotatable bonds is 3. The molecule has 22 heavy (non-hydrogen) atoms. The predicted molar refractivity (Wildman–Crippen MR) is 81.1 cm³/mol. The number of pyridine rings is 1. The van der Waals surface area contributed by atoms with Crippen molar-refractivity contribution in [1.82, 2.24) is 4.98 Å². The number of nitrogens with one attached hydrogen (secondary N) is 1. The van der Waals surface area contributed by atoms with Crippen LogP contribution in [0.4, 0.5) is 5.69 Å². The van der Waals surface area contributed by atoms with E-state index in [4.69, 9.17) is 0 Å². The second-order valence-electron chi connectivity index (χ2n) is 4.71. The number of aromatic amines is 1. The zero-order valence-corrected chi connectivity index (χ0v) is 11.3. The minimum atomic E-state index is -0.545. The highest BCUT2D eigenvalue weighted by Gasteiger charge is 2.16. The van der Waals surface area contributed by atoms with Gasteiger partial charge in [0.2, 0.25) is 5.43 Å². The predicted octanol–water partition coefficient (Wildman–Crippen LogP) is 2.67. The number of aromatic nitrogens is 1. The summed E-state index contributed by atoms with van der Waals surface area (Å²) in [5, 5.41) is 11.0. The van der Waals surface area contributed by atoms with Crippen molar-refractivity contribution in [2.24, 2.45) is 0 Å². The zero-order valence-electron chi connectivity index (χ0n) is 11.3. The smallest absolute Gasteiger partial charge is 0.269 e. The number of hydrogen-bond donors (Lipinski definition) is 1. The molecule has 3 rings (SSSR count). The maximum absolute atomic E-state index is 12.4. The van der Waals surface area contributed by atoms with Gasteiger partial charge in [0.25, 0.3) is 5.69 Å². The first-order valence-electron chi connectivity index (χ1n) is 6.47. The van der Waals surface area contributed by atoms with E-state index in [-0.39, 0.29) is 22.2 Å². The van der Waals surface area contributed by atoms with Gasteiger partial charge in [0.15, 0.2) is 5.78 Å². The van der Waals surface area contributed by atoms with Crippen LogP contribution in [-0.2, 0) is 0 Å². The molecule has 0 aliphatic carbocycles. The van der Waals surface area contributed by atoms with Gasteiger partial charge < -0.3 is 4.98 Å². The topological polar surface area (TPSA) is 93.1 Å². The molecule has 0 fully saturated rings. The maximum Gasteiger partial charge on any atom is 0.269 e. The van der Waals surface area contributed by atoms with Gasteiger partial charge in [-0.05, 0) is 24.3 Å². The molecule has 0 amide bonds. The molecule has 1 aromatic heterocycles. The molecule has 0 saturated carbocycles. The van der Waals surface area contributed by atoms with E-state index in [1.54, 1.807) is 24.3 Å². The van der Waals surface area contributed by atoms with Gasteiger partial charge in [-0.15, -0.1) is 0 Å². The minimum absolute atomic E-state index is 0.00699. The van der Waals surface area contributed by atoms with E-state index in [2.05, 4.69) is 4.98 Å². The lowest BCUT2D eigenvalue weighted by atomic mass is 10.0. The van der Waals surface area contributed by atoms with Gasteiger partial charge >= 0.3 is 0 Å². The number of fused-ring (bicyclic) bond motifs is 1. The van der Waals surface area contributed by atoms with Crippen molar-refractivity contribution in [2.75, 3.05) is 0 Å². The molecule has 0 unspecified atom stereocenters. The SMILES string of the molecule is O=C(c1ccc([N+](=O)[O-])cc1)c1c[nH]c2ccccc2c1=O. The number of hydrogen-bond acceptors (Lipinski definition) is 4. The highest BCUT2D eigenvalue weighted by Crippen LogP contribution is 2.15. The first-order valence-corrected chi connectivity index (χ1v) is 6.47. The molecule has 2 aromatic carbocycles. The van der Waals surface area contributed by atoms with E-state index >= 15 is 0 Å². The Morgan fingerprint density at radius 1 is 1.05 bits per heavy atom. The summed E-state index contributed by atoms with van der Waals surface area (Å²) < 4.78 is 0. The number of nitro benzene ring substituents is 1. The quantitative estimate of drug-likeness (QED) is 0.456. The van der Waals surface area contributed by atoms with Gasteiger partial charge in [-0.2, -0.15) is 0 Å². The van der Waals surface area contributed by atoms with Crippen LogP contribution in [0, 0.1) is 10.1 Å². The molecular weight excluding hydrogens is 284 g/mol. The lowest BCUT2D eigenvalue weighted by Crippen LogP contribution is -2.16. The van der Waals surface area contributed by atoms with E-state index in [0.29, 0.717) is 10.9 Å². The van der Waals surface area contributed by atoms with Crippen molar-refractivity contribution >= 4 is 22.4 Å². The largest absolute Gasteiger partial charge is 0.360 e. The van der Waals surface area contributed by atoms with Gasteiger partial charge in [-0.1, -0.05) is 12.1 Å². The Labute approximate surface area is 124 Å². The molecule has 0 radical (unpaired) electrons. The van der Waals surface area contributed by atoms with E-state index in [1.165, 1.54) is 30.5 Å². The lowest BCUT2D eigenvalue weighted by molar-refractivity contribution is -0.384. The minimum Gasteiger partial charge on any atom is -0.360 e. The Bertz CT molecular complexity index is 942. The molecule has 0 saturated heterocycles. The maximum atomic E-state index is 12.4. The normalized spacial score (nSPS) is 10.5. The van der Waals surface area contributed by atoms with Crippen LogP contribution in [-0.4, -0.2) is 15.7 Å². The third-order valence-corrected chi connectivity index (χ3v) is 3.37. The van der Waals surface area contributed by atoms with Crippen LogP contribution in [0.5, 0.6) is 0 Å². The van der Waals surface area contributed by atoms with Crippen LogP contribution in [0.15, 0.2) is 59.5 Å². The molecular formula is C16H10N2O4. The molecule has 0 aliphatic heterocycles. The van der Waals surface area contributed by atoms with Crippen LogP contribution in [0.2, 0.25) is 0 Å². The average molecular weight is 294 g/mol. The molecule has 0 bridgehead atoms. The van der Waals surface area contributed by atoms with Crippen molar-refractivity contribution in [3.05, 3.63) is 86.2 Å². The highest BCUT2D eigenvalue weighted by molar-refractivity contribution is 6.10. The monoisotopic (exact) mass is 294 g/mol. The second-order valence-corrected chi connectivity index (χ2v) is 4.71. The van der Waals surface area contributed by atoms with E-state index < -0.39 is 10.7 Å². The summed E-state index contributed by atoms with van der Waals surface area (Å²) in [6.45, 7) is 0. The summed E-state index contributed by atoms with van der Waals surface area (Å²) in [5.41, 5.74) is 0.411. The van der Waals surface area contributed by atoms with Gasteiger partial charge in [-0.3, -0.25) is 19.7 Å². The van der Waals surface area contributed by atoms with Crippen molar-refractivity contribution in [1.29, 1.82) is 0 Å². The Morgan fingerprint density at radius 2 is 1.73 bits per heavy atom. The molecule has 1 heterocycles. The Hall–Kier alpha value is -3.28. The molecule has 6 heteroatoms. The number of para-hydroxylation sites is 1. The van der Waals surface area contributed by atoms with Crippen molar-refractivity contribution in [3.8, 4) is 0 Å². The molecule has 6 nitrogen and oxygen atoms in total. The fraction of sp³-hybridized carbons (Fsp3) is 0. The first-order chi connectivity index (χ1) is 10.6. The Kier molecular flexibility index (Phi) is 3.27. The second kappa shape index (κ2) is 5.25. The molecule has 0 aliphatic rings. The fourth-order valence-corrected chi connectivity index (χ4v) is 2.23. The zero-order chi connectivity index (χ0) is 15.7. The molecule has 3 aromatic rings. The van der Waals surface area contributed by atoms with E-state index in [1.807, 2.05) is 0 Å². The summed E-state index contributed by atoms with van der Waals surface area (Å²) >= 11 is 0. The van der Waals surface area contributed by atoms with Gasteiger partial charge in [0.1, 0.15) is 0 Å². The number of nitrogens with zero attached hydrogens (tertiary/aromatic N) is 1. The third kappa shape index (κ3) is 2.26. The first kappa shape index (κ1) is 13.7. The third-order valence-electron chi connectivity index (χ3n) is 3.37. The number of carbonyl (C=O) groups is 1. The van der Waals surface area contributed by atoms with Crippen molar-refractivity contribution in [2.45, 2.75) is 0 Å². The standard InChI is InChI=1S/C16H10N2O4/c19-15(10-5-7-11(8-6-10)18(21)22)13-9-17-14-4-2-1-3-12(14)16(13)20/h1-9H,(H,17,20). The summed E-state index contributed by atoms with van der Waals surface area (Å²) in [5.74, 6) is -0.470. The van der Waals surface area contributed by atoms with Crippen molar-refractivity contribution in [3.63, 3.8) is 0 Å². The number of ketones is 1. The Morgan fingerprint density at radius 3 is 2.41 bits per heavy atom. The van der Waals surface area contributed by atoms with Crippen LogP contribution in [0.1, 0.15) is 15.9 Å². The number of non-ortho nitro benzene ring substituents is 1. The van der Waals surface area contributed by atoms with Crippen LogP contribution in [0.3, 0.4) is 0 Å². The summed E-state index contributed by atoms with van der Waals surface area (Å²) in [7, 11) is 0. The van der Waals surface area contributed by atoms with E-state index in [0.717, 1.165) is 0 Å². The number of benzene rings is 2. The number of H-pyrrole nitrogens is 1. The van der Waals surface area contributed by atoms with Crippen molar-refractivity contribution < 1.29 is 9.72 Å². The van der Waals surface area contributed by atoms with Crippen LogP contribution >= 0.6 is 0 Å². The number of carbonyl (C=O) groups excluding carboxylic acids is 1. The van der Waals surface area contributed by atoms with Gasteiger partial charge in [0, 0.05) is 34.8 Å². The summed E-state index contributed by atoms with van der Waals surface area (Å²) in [4.78, 5) is 37.8. The van der Waals surface area contributed by atoms with Gasteiger partial charge in [0.05, 0.1) is 10.5 Å². The average Bonchev–Trinajstić information content (AvgIpc) is 2.55. The molecule has 0 spiro atoms. The fourth-order valence-electron chi connectivity index (χ4n) is 2.23. The number of nitro groups is 1. The molecule has 0 atom stereocenters. The Balaban J connectivity index is 2.07. The molecule has 108 valence electrons. The van der Waals surface area contributed by atoms with Crippen LogP contribution < -0.4 is 5.43 Å². The van der Waals surface area contributed by atoms with E-state index in [9.17, 15) is 19.7 Å². The summed E-state index contributed by atoms with van der Waals surface area (Å²) in [6, 6.07) is 12.1. The molecule has 1 N–H and O–H groups in total. The highest BCUT2D eigenvalue weighted by atomic mass is 16.6.